The molecule has 0 radical (unpaired) electrons. The smallest absolute Gasteiger partial charge is 0.416 e. The van der Waals surface area contributed by atoms with E-state index in [2.05, 4.69) is 5.32 Å². The number of nitrogens with one attached hydrogen (secondary N) is 1. The number of carbonyl (C=O) groups excluding carboxylic acids is 2. The summed E-state index contributed by atoms with van der Waals surface area (Å²) >= 11 is 0. The Balaban J connectivity index is 2.05. The number of nitriles is 1. The van der Waals surface area contributed by atoms with Gasteiger partial charge in [-0.25, -0.2) is 4.79 Å². The lowest BCUT2D eigenvalue weighted by Gasteiger charge is -2.15. The van der Waals surface area contributed by atoms with E-state index in [1.807, 2.05) is 6.07 Å². The topological polar surface area (TPSA) is 97.7 Å². The number of hydrogen-bond acceptors (Lipinski definition) is 6. The normalized spacial score (nSPS) is 10.8. The second kappa shape index (κ2) is 10.3. The van der Waals surface area contributed by atoms with Gasteiger partial charge in [0.2, 0.25) is 0 Å². The molecular weight excluding hydrogens is 405 g/mol. The number of hydrogen-bond donors (Lipinski definition) is 1. The number of carbonyl (C=O) groups is 2. The number of rotatable bonds is 8. The third-order valence-electron chi connectivity index (χ3n) is 3.71. The molecule has 158 valence electrons. The molecule has 0 unspecified atom stereocenters. The van der Waals surface area contributed by atoms with Crippen molar-refractivity contribution in [3.05, 3.63) is 59.2 Å². The largest absolute Gasteiger partial charge is 0.489 e. The zero-order valence-electron chi connectivity index (χ0n) is 15.8. The van der Waals surface area contributed by atoms with Gasteiger partial charge in [0.25, 0.3) is 5.91 Å². The molecule has 0 aliphatic carbocycles. The quantitative estimate of drug-likeness (QED) is 0.517. The number of halogens is 3. The molecule has 0 aromatic heterocycles. The summed E-state index contributed by atoms with van der Waals surface area (Å²) in [4.78, 5) is 24.1. The number of nitrogens with zero attached hydrogens (tertiary/aromatic N) is 1. The number of anilines is 1. The summed E-state index contributed by atoms with van der Waals surface area (Å²) in [5.74, 6) is -1.67. The van der Waals surface area contributed by atoms with Crippen LogP contribution in [-0.4, -0.2) is 38.8 Å². The maximum Gasteiger partial charge on any atom is 0.416 e. The van der Waals surface area contributed by atoms with E-state index in [1.165, 1.54) is 31.4 Å². The van der Waals surface area contributed by atoms with Crippen LogP contribution in [0.3, 0.4) is 0 Å². The molecule has 0 heterocycles. The van der Waals surface area contributed by atoms with Crippen LogP contribution in [0.1, 0.15) is 21.5 Å². The minimum absolute atomic E-state index is 0.00631. The molecule has 10 heteroatoms. The van der Waals surface area contributed by atoms with Gasteiger partial charge in [-0.15, -0.1) is 0 Å². The fraction of sp³-hybridized carbons (Fsp3) is 0.250. The lowest BCUT2D eigenvalue weighted by Crippen LogP contribution is -2.22. The Morgan fingerprint density at radius 2 is 1.80 bits per heavy atom. The van der Waals surface area contributed by atoms with E-state index in [0.717, 1.165) is 18.2 Å². The minimum atomic E-state index is -4.62. The zero-order valence-corrected chi connectivity index (χ0v) is 15.8. The van der Waals surface area contributed by atoms with Crippen LogP contribution in [0.25, 0.3) is 0 Å². The predicted molar refractivity (Wildman–Crippen MR) is 98.9 cm³/mol. The van der Waals surface area contributed by atoms with Crippen molar-refractivity contribution in [3.8, 4) is 11.8 Å². The Morgan fingerprint density at radius 1 is 1.10 bits per heavy atom. The van der Waals surface area contributed by atoms with E-state index in [-0.39, 0.29) is 30.2 Å². The third-order valence-corrected chi connectivity index (χ3v) is 3.71. The van der Waals surface area contributed by atoms with Crippen molar-refractivity contribution < 1.29 is 37.0 Å². The highest BCUT2D eigenvalue weighted by Crippen LogP contribution is 2.35. The molecule has 0 atom stereocenters. The molecular formula is C20H17F3N2O5. The first-order valence-electron chi connectivity index (χ1n) is 8.54. The van der Waals surface area contributed by atoms with Crippen molar-refractivity contribution in [2.45, 2.75) is 6.18 Å². The standard InChI is InChI=1S/C20H17F3N2O5/c1-28-8-9-29-17-7-6-15(20(21,22)23)10-16(17)25-18(26)12-30-19(27)14-4-2-13(11-24)3-5-14/h2-7,10H,8-9,12H2,1H3,(H,25,26). The number of methoxy groups -OCH3 is 1. The second-order valence-electron chi connectivity index (χ2n) is 5.86. The summed E-state index contributed by atoms with van der Waals surface area (Å²) in [6.45, 7) is -0.485. The Bertz CT molecular complexity index is 937. The van der Waals surface area contributed by atoms with Gasteiger partial charge in [0.1, 0.15) is 12.4 Å². The fourth-order valence-electron chi connectivity index (χ4n) is 2.25. The number of benzene rings is 2. The first kappa shape index (κ1) is 22.7. The van der Waals surface area contributed by atoms with Crippen molar-refractivity contribution in [2.24, 2.45) is 0 Å². The summed E-state index contributed by atoms with van der Waals surface area (Å²) in [7, 11) is 1.43. The fourth-order valence-corrected chi connectivity index (χ4v) is 2.25. The van der Waals surface area contributed by atoms with Gasteiger partial charge in [-0.1, -0.05) is 0 Å². The molecule has 1 N–H and O–H groups in total. The van der Waals surface area contributed by atoms with Crippen molar-refractivity contribution in [3.63, 3.8) is 0 Å². The molecule has 0 saturated heterocycles. The van der Waals surface area contributed by atoms with Crippen molar-refractivity contribution in [1.82, 2.24) is 0 Å². The van der Waals surface area contributed by atoms with Gasteiger partial charge in [0.15, 0.2) is 6.61 Å². The first-order chi connectivity index (χ1) is 14.2. The number of esters is 1. The van der Waals surface area contributed by atoms with Gasteiger partial charge in [-0.3, -0.25) is 4.79 Å². The number of amides is 1. The van der Waals surface area contributed by atoms with Crippen molar-refractivity contribution in [2.75, 3.05) is 32.2 Å². The van der Waals surface area contributed by atoms with Gasteiger partial charge < -0.3 is 19.5 Å². The highest BCUT2D eigenvalue weighted by atomic mass is 19.4. The molecule has 0 spiro atoms. The highest BCUT2D eigenvalue weighted by molar-refractivity contribution is 5.96. The Labute approximate surface area is 170 Å². The molecule has 2 rings (SSSR count). The summed E-state index contributed by atoms with van der Waals surface area (Å²) in [6.07, 6.45) is -4.62. The van der Waals surface area contributed by atoms with Crippen LogP contribution in [0.2, 0.25) is 0 Å². The van der Waals surface area contributed by atoms with Crippen LogP contribution in [-0.2, 0) is 20.4 Å². The van der Waals surface area contributed by atoms with Crippen LogP contribution in [0.5, 0.6) is 5.75 Å². The van der Waals surface area contributed by atoms with Crippen molar-refractivity contribution in [1.29, 1.82) is 5.26 Å². The Kier molecular flexibility index (Phi) is 7.77. The van der Waals surface area contributed by atoms with E-state index in [1.54, 1.807) is 0 Å². The number of ether oxygens (including phenoxy) is 3. The third kappa shape index (κ3) is 6.49. The highest BCUT2D eigenvalue weighted by Gasteiger charge is 2.31. The van der Waals surface area contributed by atoms with Gasteiger partial charge >= 0.3 is 12.1 Å². The maximum atomic E-state index is 13.0. The number of alkyl halides is 3. The van der Waals surface area contributed by atoms with E-state index in [4.69, 9.17) is 19.5 Å². The molecule has 30 heavy (non-hydrogen) atoms. The van der Waals surface area contributed by atoms with Gasteiger partial charge in [-0.05, 0) is 42.5 Å². The van der Waals surface area contributed by atoms with Crippen LogP contribution < -0.4 is 10.1 Å². The van der Waals surface area contributed by atoms with Crippen LogP contribution in [0.4, 0.5) is 18.9 Å². The lowest BCUT2D eigenvalue weighted by atomic mass is 10.1. The average molecular weight is 422 g/mol. The zero-order chi connectivity index (χ0) is 22.1. The van der Waals surface area contributed by atoms with Crippen LogP contribution in [0, 0.1) is 11.3 Å². The monoisotopic (exact) mass is 422 g/mol. The molecule has 1 amide bonds. The molecule has 0 saturated carbocycles. The summed E-state index contributed by atoms with van der Waals surface area (Å²) in [5.41, 5.74) is -0.744. The van der Waals surface area contributed by atoms with E-state index >= 15 is 0 Å². The molecule has 0 fully saturated rings. The molecule has 0 aliphatic rings. The average Bonchev–Trinajstić information content (AvgIpc) is 2.72. The van der Waals surface area contributed by atoms with Crippen molar-refractivity contribution >= 4 is 17.6 Å². The Morgan fingerprint density at radius 3 is 2.40 bits per heavy atom. The van der Waals surface area contributed by atoms with Crippen LogP contribution >= 0.6 is 0 Å². The Hall–Kier alpha value is -3.58. The van der Waals surface area contributed by atoms with Gasteiger partial charge in [0, 0.05) is 7.11 Å². The van der Waals surface area contributed by atoms with Gasteiger partial charge in [0.05, 0.1) is 35.1 Å². The summed E-state index contributed by atoms with van der Waals surface area (Å²) in [6, 6.07) is 10.0. The summed E-state index contributed by atoms with van der Waals surface area (Å²) < 4.78 is 53.9. The minimum Gasteiger partial charge on any atom is -0.489 e. The van der Waals surface area contributed by atoms with E-state index in [9.17, 15) is 22.8 Å². The second-order valence-corrected chi connectivity index (χ2v) is 5.86. The van der Waals surface area contributed by atoms with E-state index < -0.39 is 30.2 Å². The molecule has 7 nitrogen and oxygen atoms in total. The lowest BCUT2D eigenvalue weighted by molar-refractivity contribution is -0.137. The molecule has 0 bridgehead atoms. The molecule has 0 aliphatic heterocycles. The maximum absolute atomic E-state index is 13.0. The molecule has 2 aromatic rings. The van der Waals surface area contributed by atoms with Gasteiger partial charge in [-0.2, -0.15) is 18.4 Å². The van der Waals surface area contributed by atoms with Crippen LogP contribution in [0.15, 0.2) is 42.5 Å². The first-order valence-corrected chi connectivity index (χ1v) is 8.54. The van der Waals surface area contributed by atoms with E-state index in [0.29, 0.717) is 5.56 Å². The molecule has 2 aromatic carbocycles. The summed E-state index contributed by atoms with van der Waals surface area (Å²) in [5, 5.41) is 11.0. The predicted octanol–water partition coefficient (Wildman–Crippen LogP) is 3.40. The SMILES string of the molecule is COCCOc1ccc(C(F)(F)F)cc1NC(=O)COC(=O)c1ccc(C#N)cc1.